The summed E-state index contributed by atoms with van der Waals surface area (Å²) in [5.41, 5.74) is 5.00. The first-order chi connectivity index (χ1) is 13.1. The summed E-state index contributed by atoms with van der Waals surface area (Å²) < 4.78 is 23.2. The van der Waals surface area contributed by atoms with Crippen LogP contribution in [0.15, 0.2) is 30.3 Å². The van der Waals surface area contributed by atoms with Gasteiger partial charge in [0, 0.05) is 13.5 Å². The Morgan fingerprint density at radius 1 is 1.17 bits per heavy atom. The molecule has 0 saturated carbocycles. The average molecular weight is 429 g/mol. The van der Waals surface area contributed by atoms with E-state index in [1.807, 2.05) is 58.0 Å². The summed E-state index contributed by atoms with van der Waals surface area (Å²) in [4.78, 5) is 12.6. The van der Waals surface area contributed by atoms with Crippen molar-refractivity contribution in [3.05, 3.63) is 30.3 Å². The second-order valence-corrected chi connectivity index (χ2v) is 8.16. The SMILES string of the molecule is COC(C)C(N)C(=O)NC(CCOc1ccccc1)B1OC(C)(C)C(C)(C)O1.Cl. The van der Waals surface area contributed by atoms with Crippen molar-refractivity contribution in [2.24, 2.45) is 5.73 Å². The lowest BCUT2D eigenvalue weighted by molar-refractivity contribution is -0.125. The van der Waals surface area contributed by atoms with Crippen LogP contribution >= 0.6 is 12.4 Å². The van der Waals surface area contributed by atoms with E-state index in [-0.39, 0.29) is 18.3 Å². The van der Waals surface area contributed by atoms with Crippen molar-refractivity contribution in [2.75, 3.05) is 13.7 Å². The third kappa shape index (κ3) is 6.59. The zero-order valence-corrected chi connectivity index (χ0v) is 19.0. The molecule has 29 heavy (non-hydrogen) atoms. The number of amides is 1. The van der Waals surface area contributed by atoms with E-state index in [1.54, 1.807) is 6.92 Å². The number of benzene rings is 1. The van der Waals surface area contributed by atoms with Crippen molar-refractivity contribution in [3.63, 3.8) is 0 Å². The predicted molar refractivity (Wildman–Crippen MR) is 116 cm³/mol. The van der Waals surface area contributed by atoms with Crippen LogP contribution in [0.1, 0.15) is 41.0 Å². The van der Waals surface area contributed by atoms with E-state index in [2.05, 4.69) is 5.32 Å². The van der Waals surface area contributed by atoms with Gasteiger partial charge >= 0.3 is 7.12 Å². The van der Waals surface area contributed by atoms with Crippen molar-refractivity contribution in [3.8, 4) is 5.75 Å². The summed E-state index contributed by atoms with van der Waals surface area (Å²) >= 11 is 0. The van der Waals surface area contributed by atoms with Gasteiger partial charge in [-0.25, -0.2) is 0 Å². The van der Waals surface area contributed by atoms with Gasteiger partial charge < -0.3 is 29.8 Å². The van der Waals surface area contributed by atoms with Crippen LogP contribution in [0.3, 0.4) is 0 Å². The van der Waals surface area contributed by atoms with E-state index in [4.69, 9.17) is 24.5 Å². The Morgan fingerprint density at radius 3 is 2.24 bits per heavy atom. The summed E-state index contributed by atoms with van der Waals surface area (Å²) in [6.07, 6.45) is 0.102. The number of para-hydroxylation sites is 1. The highest BCUT2D eigenvalue weighted by atomic mass is 35.5. The second kappa shape index (κ2) is 10.6. The fourth-order valence-corrected chi connectivity index (χ4v) is 2.79. The maximum atomic E-state index is 12.6. The minimum absolute atomic E-state index is 0. The number of ether oxygens (including phenoxy) is 2. The van der Waals surface area contributed by atoms with Gasteiger partial charge in [-0.3, -0.25) is 4.79 Å². The normalized spacial score (nSPS) is 20.3. The summed E-state index contributed by atoms with van der Waals surface area (Å²) in [6, 6.07) is 8.74. The molecule has 0 spiro atoms. The number of nitrogens with one attached hydrogen (secondary N) is 1. The minimum atomic E-state index is -0.787. The maximum Gasteiger partial charge on any atom is 0.481 e. The molecule has 164 valence electrons. The molecule has 1 aromatic rings. The van der Waals surface area contributed by atoms with Crippen molar-refractivity contribution in [1.82, 2.24) is 5.32 Å². The number of carbonyl (C=O) groups excluding carboxylic acids is 1. The van der Waals surface area contributed by atoms with Crippen LogP contribution < -0.4 is 15.8 Å². The number of rotatable bonds is 9. The molecule has 3 atom stereocenters. The highest BCUT2D eigenvalue weighted by Gasteiger charge is 2.54. The number of carbonyl (C=O) groups is 1. The van der Waals surface area contributed by atoms with Gasteiger partial charge in [-0.1, -0.05) is 18.2 Å². The Balaban J connectivity index is 0.00000420. The van der Waals surface area contributed by atoms with Gasteiger partial charge in [-0.15, -0.1) is 12.4 Å². The van der Waals surface area contributed by atoms with E-state index in [0.29, 0.717) is 13.0 Å². The zero-order valence-electron chi connectivity index (χ0n) is 18.1. The summed E-state index contributed by atoms with van der Waals surface area (Å²) in [6.45, 7) is 10.1. The first-order valence-corrected chi connectivity index (χ1v) is 9.69. The van der Waals surface area contributed by atoms with Crippen LogP contribution in [0.5, 0.6) is 5.75 Å². The van der Waals surface area contributed by atoms with Crippen LogP contribution in [-0.4, -0.2) is 56.0 Å². The molecule has 3 unspecified atom stereocenters. The predicted octanol–water partition coefficient (Wildman–Crippen LogP) is 2.36. The Bertz CT molecular complexity index is 631. The van der Waals surface area contributed by atoms with E-state index in [1.165, 1.54) is 7.11 Å². The zero-order chi connectivity index (χ0) is 20.9. The molecular formula is C20H34BClN2O5. The second-order valence-electron chi connectivity index (χ2n) is 8.16. The lowest BCUT2D eigenvalue weighted by Gasteiger charge is -2.32. The Kier molecular flexibility index (Phi) is 9.43. The number of methoxy groups -OCH3 is 1. The average Bonchev–Trinajstić information content (AvgIpc) is 2.87. The summed E-state index contributed by atoms with van der Waals surface area (Å²) in [7, 11) is 0.926. The highest BCUT2D eigenvalue weighted by Crippen LogP contribution is 2.37. The molecule has 1 fully saturated rings. The fraction of sp³-hybridized carbons (Fsp3) is 0.650. The lowest BCUT2D eigenvalue weighted by Crippen LogP contribution is -2.55. The molecule has 7 nitrogen and oxygen atoms in total. The molecule has 1 saturated heterocycles. The third-order valence-corrected chi connectivity index (χ3v) is 5.55. The summed E-state index contributed by atoms with van der Waals surface area (Å²) in [5, 5.41) is 2.96. The Morgan fingerprint density at radius 2 is 1.72 bits per heavy atom. The van der Waals surface area contributed by atoms with E-state index in [9.17, 15) is 4.79 Å². The molecular weight excluding hydrogens is 394 g/mol. The number of halogens is 1. The number of nitrogens with two attached hydrogens (primary N) is 1. The molecule has 1 aromatic carbocycles. The molecule has 1 aliphatic rings. The highest BCUT2D eigenvalue weighted by molar-refractivity contribution is 6.48. The standard InChI is InChI=1S/C20H33BN2O5.ClH/c1-14(25-6)17(22)18(24)23-16(12-13-26-15-10-8-7-9-11-15)21-27-19(2,3)20(4,5)28-21;/h7-11,14,16-17H,12-13,22H2,1-6H3,(H,23,24);1H. The van der Waals surface area contributed by atoms with Crippen molar-refractivity contribution in [1.29, 1.82) is 0 Å². The quantitative estimate of drug-likeness (QED) is 0.587. The molecule has 3 N–H and O–H groups in total. The Labute approximate surface area is 180 Å². The fourth-order valence-electron chi connectivity index (χ4n) is 2.79. The van der Waals surface area contributed by atoms with Gasteiger partial charge in [0.15, 0.2) is 0 Å². The summed E-state index contributed by atoms with van der Waals surface area (Å²) in [5.74, 6) is 0.0485. The minimum Gasteiger partial charge on any atom is -0.494 e. The number of hydrogen-bond acceptors (Lipinski definition) is 6. The smallest absolute Gasteiger partial charge is 0.481 e. The molecule has 0 aromatic heterocycles. The molecule has 0 bridgehead atoms. The topological polar surface area (TPSA) is 92.0 Å². The van der Waals surface area contributed by atoms with Gasteiger partial charge in [0.2, 0.25) is 5.91 Å². The molecule has 1 heterocycles. The first kappa shape index (κ1) is 25.7. The van der Waals surface area contributed by atoms with Crippen molar-refractivity contribution < 1.29 is 23.6 Å². The van der Waals surface area contributed by atoms with Gasteiger partial charge in [0.05, 0.1) is 29.9 Å². The van der Waals surface area contributed by atoms with E-state index >= 15 is 0 Å². The van der Waals surface area contributed by atoms with Crippen LogP contribution in [0.25, 0.3) is 0 Å². The van der Waals surface area contributed by atoms with Gasteiger partial charge in [0.25, 0.3) is 0 Å². The van der Waals surface area contributed by atoms with E-state index < -0.39 is 36.4 Å². The van der Waals surface area contributed by atoms with Crippen LogP contribution in [-0.2, 0) is 18.8 Å². The molecule has 9 heteroatoms. The molecule has 1 amide bonds. The largest absolute Gasteiger partial charge is 0.494 e. The van der Waals surface area contributed by atoms with Crippen LogP contribution in [0, 0.1) is 0 Å². The molecule has 2 rings (SSSR count). The van der Waals surface area contributed by atoms with E-state index in [0.717, 1.165) is 5.75 Å². The van der Waals surface area contributed by atoms with Crippen LogP contribution in [0.4, 0.5) is 0 Å². The van der Waals surface area contributed by atoms with Crippen LogP contribution in [0.2, 0.25) is 0 Å². The molecule has 0 aliphatic carbocycles. The molecule has 0 radical (unpaired) electrons. The van der Waals surface area contributed by atoms with Gasteiger partial charge in [0.1, 0.15) is 11.8 Å². The Hall–Kier alpha value is -1.32. The number of hydrogen-bond donors (Lipinski definition) is 2. The first-order valence-electron chi connectivity index (χ1n) is 9.69. The third-order valence-electron chi connectivity index (χ3n) is 5.55. The molecule has 1 aliphatic heterocycles. The lowest BCUT2D eigenvalue weighted by atomic mass is 9.76. The van der Waals surface area contributed by atoms with Gasteiger partial charge in [-0.05, 0) is 46.8 Å². The van der Waals surface area contributed by atoms with Crippen molar-refractivity contribution >= 4 is 25.4 Å². The maximum absolute atomic E-state index is 12.6. The van der Waals surface area contributed by atoms with Gasteiger partial charge in [-0.2, -0.15) is 0 Å². The van der Waals surface area contributed by atoms with Crippen molar-refractivity contribution in [2.45, 2.75) is 70.3 Å². The monoisotopic (exact) mass is 428 g/mol.